The molecule has 0 heterocycles. The van der Waals surface area contributed by atoms with Crippen molar-refractivity contribution in [3.8, 4) is 0 Å². The molecule has 0 amide bonds. The van der Waals surface area contributed by atoms with Gasteiger partial charge in [0.1, 0.15) is 6.29 Å². The second-order valence-corrected chi connectivity index (χ2v) is 5.34. The van der Waals surface area contributed by atoms with E-state index in [2.05, 4.69) is 23.4 Å². The first kappa shape index (κ1) is 18.1. The Morgan fingerprint density at radius 3 is 2.77 bits per heavy atom. The number of benzene rings is 1. The molecule has 0 fully saturated rings. The lowest BCUT2D eigenvalue weighted by Gasteiger charge is -2.30. The van der Waals surface area contributed by atoms with Crippen molar-refractivity contribution in [2.24, 2.45) is 5.73 Å². The summed E-state index contributed by atoms with van der Waals surface area (Å²) < 4.78 is 0. The van der Waals surface area contributed by atoms with Gasteiger partial charge in [0.2, 0.25) is 0 Å². The predicted octanol–water partition coefficient (Wildman–Crippen LogP) is 2.30. The van der Waals surface area contributed by atoms with Gasteiger partial charge in [-0.15, -0.1) is 0 Å². The number of hydrogen-bond acceptors (Lipinski definition) is 4. The molecule has 22 heavy (non-hydrogen) atoms. The van der Waals surface area contributed by atoms with Gasteiger partial charge in [-0.1, -0.05) is 37.4 Å². The minimum absolute atomic E-state index is 0.0960. The van der Waals surface area contributed by atoms with Gasteiger partial charge in [0, 0.05) is 38.3 Å². The minimum Gasteiger partial charge on any atom is -0.391 e. The highest BCUT2D eigenvalue weighted by atomic mass is 16.1. The summed E-state index contributed by atoms with van der Waals surface area (Å²) in [6.07, 6.45) is 4.07. The second kappa shape index (κ2) is 9.18. The summed E-state index contributed by atoms with van der Waals surface area (Å²) in [4.78, 5) is 12.9. The lowest BCUT2D eigenvalue weighted by molar-refractivity contribution is -0.108. The van der Waals surface area contributed by atoms with E-state index < -0.39 is 0 Å². The monoisotopic (exact) mass is 301 g/mol. The molecule has 4 heteroatoms. The van der Waals surface area contributed by atoms with Crippen molar-refractivity contribution in [1.82, 2.24) is 10.2 Å². The van der Waals surface area contributed by atoms with Crippen LogP contribution >= 0.6 is 0 Å². The molecule has 0 radical (unpaired) electrons. The lowest BCUT2D eigenvalue weighted by Crippen LogP contribution is -2.37. The first-order valence-corrected chi connectivity index (χ1v) is 7.52. The number of carbonyl (C=O) groups excluding carboxylic acids is 1. The Labute approximate surface area is 133 Å². The number of nitrogens with one attached hydrogen (secondary N) is 1. The van der Waals surface area contributed by atoms with Crippen LogP contribution in [0.2, 0.25) is 0 Å². The van der Waals surface area contributed by atoms with E-state index in [0.717, 1.165) is 36.1 Å². The van der Waals surface area contributed by atoms with Crippen LogP contribution < -0.4 is 11.1 Å². The Kier molecular flexibility index (Phi) is 7.57. The first-order valence-electron chi connectivity index (χ1n) is 7.52. The summed E-state index contributed by atoms with van der Waals surface area (Å²) in [5, 5.41) is 3.10. The van der Waals surface area contributed by atoms with Crippen LogP contribution in [0.15, 0.2) is 37.1 Å². The molecule has 1 aromatic rings. The molecule has 0 aliphatic rings. The fourth-order valence-corrected chi connectivity index (χ4v) is 2.64. The highest BCUT2D eigenvalue weighted by Gasteiger charge is 2.19. The number of likely N-dealkylation sites (N-methyl/N-ethyl adjacent to an activating group) is 2. The quantitative estimate of drug-likeness (QED) is 0.651. The summed E-state index contributed by atoms with van der Waals surface area (Å²) in [7, 11) is 3.89. The van der Waals surface area contributed by atoms with E-state index in [9.17, 15) is 4.79 Å². The normalized spacial score (nSPS) is 12.0. The molecule has 0 aromatic heterocycles. The van der Waals surface area contributed by atoms with E-state index in [0.29, 0.717) is 13.0 Å². The van der Waals surface area contributed by atoms with Gasteiger partial charge in [-0.3, -0.25) is 4.90 Å². The molecular formula is C18H27N3O. The van der Waals surface area contributed by atoms with Crippen molar-refractivity contribution in [3.05, 3.63) is 53.7 Å². The van der Waals surface area contributed by atoms with Crippen molar-refractivity contribution < 1.29 is 4.79 Å². The molecule has 120 valence electrons. The SMILES string of the molecule is C=Cc1cccc(CN)c1CN(C)C(CCC=O)C(=C)NC. The Morgan fingerprint density at radius 1 is 1.50 bits per heavy atom. The van der Waals surface area contributed by atoms with Crippen LogP contribution in [-0.4, -0.2) is 31.3 Å². The Bertz CT molecular complexity index is 525. The van der Waals surface area contributed by atoms with E-state index in [1.807, 2.05) is 38.4 Å². The highest BCUT2D eigenvalue weighted by Crippen LogP contribution is 2.21. The molecule has 3 N–H and O–H groups in total. The van der Waals surface area contributed by atoms with Crippen LogP contribution in [0.5, 0.6) is 0 Å². The Balaban J connectivity index is 3.02. The van der Waals surface area contributed by atoms with E-state index in [1.54, 1.807) is 0 Å². The predicted molar refractivity (Wildman–Crippen MR) is 93.2 cm³/mol. The zero-order valence-electron chi connectivity index (χ0n) is 13.6. The molecule has 1 rings (SSSR count). The minimum atomic E-state index is 0.0960. The summed E-state index contributed by atoms with van der Waals surface area (Å²) in [5.74, 6) is 0. The van der Waals surface area contributed by atoms with Crippen molar-refractivity contribution in [2.75, 3.05) is 14.1 Å². The zero-order chi connectivity index (χ0) is 16.5. The van der Waals surface area contributed by atoms with Crippen molar-refractivity contribution in [3.63, 3.8) is 0 Å². The number of hydrogen-bond donors (Lipinski definition) is 2. The van der Waals surface area contributed by atoms with Gasteiger partial charge in [-0.25, -0.2) is 0 Å². The number of aldehydes is 1. The van der Waals surface area contributed by atoms with Gasteiger partial charge >= 0.3 is 0 Å². The van der Waals surface area contributed by atoms with Gasteiger partial charge < -0.3 is 15.8 Å². The van der Waals surface area contributed by atoms with Gasteiger partial charge in [0.25, 0.3) is 0 Å². The van der Waals surface area contributed by atoms with Crippen LogP contribution in [0.4, 0.5) is 0 Å². The topological polar surface area (TPSA) is 58.4 Å². The molecule has 0 saturated heterocycles. The van der Waals surface area contributed by atoms with Crippen molar-refractivity contribution in [2.45, 2.75) is 32.0 Å². The van der Waals surface area contributed by atoms with Crippen LogP contribution in [0.25, 0.3) is 6.08 Å². The second-order valence-electron chi connectivity index (χ2n) is 5.34. The molecule has 1 atom stereocenters. The average Bonchev–Trinajstić information content (AvgIpc) is 2.54. The average molecular weight is 301 g/mol. The van der Waals surface area contributed by atoms with E-state index in [4.69, 9.17) is 5.73 Å². The van der Waals surface area contributed by atoms with Gasteiger partial charge in [-0.05, 0) is 30.2 Å². The van der Waals surface area contributed by atoms with Gasteiger partial charge in [-0.2, -0.15) is 0 Å². The fourth-order valence-electron chi connectivity index (χ4n) is 2.64. The molecule has 0 aliphatic carbocycles. The lowest BCUT2D eigenvalue weighted by atomic mass is 9.99. The Morgan fingerprint density at radius 2 is 2.23 bits per heavy atom. The molecule has 0 aliphatic heterocycles. The molecule has 1 aromatic carbocycles. The van der Waals surface area contributed by atoms with Crippen LogP contribution in [0, 0.1) is 0 Å². The summed E-state index contributed by atoms with van der Waals surface area (Å²) in [6, 6.07) is 6.18. The third kappa shape index (κ3) is 4.55. The van der Waals surface area contributed by atoms with E-state index in [1.165, 1.54) is 5.56 Å². The molecule has 4 nitrogen and oxygen atoms in total. The third-order valence-electron chi connectivity index (χ3n) is 3.97. The van der Waals surface area contributed by atoms with Crippen LogP contribution in [0.1, 0.15) is 29.5 Å². The molecule has 1 unspecified atom stereocenters. The fraction of sp³-hybridized carbons (Fsp3) is 0.389. The summed E-state index contributed by atoms with van der Waals surface area (Å²) in [5.41, 5.74) is 10.2. The van der Waals surface area contributed by atoms with Gasteiger partial charge in [0.15, 0.2) is 0 Å². The maximum Gasteiger partial charge on any atom is 0.120 e. The van der Waals surface area contributed by atoms with E-state index >= 15 is 0 Å². The van der Waals surface area contributed by atoms with Crippen LogP contribution in [-0.2, 0) is 17.9 Å². The molecule has 0 saturated carbocycles. The van der Waals surface area contributed by atoms with Crippen molar-refractivity contribution >= 4 is 12.4 Å². The number of nitrogens with two attached hydrogens (primary N) is 1. The summed E-state index contributed by atoms with van der Waals surface area (Å²) >= 11 is 0. The number of carbonyl (C=O) groups is 1. The maximum absolute atomic E-state index is 10.7. The third-order valence-corrected chi connectivity index (χ3v) is 3.97. The largest absolute Gasteiger partial charge is 0.391 e. The van der Waals surface area contributed by atoms with Gasteiger partial charge in [0.05, 0.1) is 0 Å². The van der Waals surface area contributed by atoms with E-state index in [-0.39, 0.29) is 6.04 Å². The Hall–Kier alpha value is -1.91. The first-order chi connectivity index (χ1) is 10.6. The van der Waals surface area contributed by atoms with Crippen molar-refractivity contribution in [1.29, 1.82) is 0 Å². The molecule has 0 spiro atoms. The smallest absolute Gasteiger partial charge is 0.120 e. The van der Waals surface area contributed by atoms with Crippen LogP contribution in [0.3, 0.4) is 0 Å². The molecular weight excluding hydrogens is 274 g/mol. The zero-order valence-corrected chi connectivity index (χ0v) is 13.6. The standard InChI is InChI=1S/C18H27N3O/c1-5-15-8-6-9-16(12-19)17(15)13-21(4)18(10-7-11-22)14(2)20-3/h5-6,8-9,11,18,20H,1-2,7,10,12-13,19H2,3-4H3. The number of nitrogens with zero attached hydrogens (tertiary/aromatic N) is 1. The molecule has 0 bridgehead atoms. The maximum atomic E-state index is 10.7. The highest BCUT2D eigenvalue weighted by molar-refractivity contribution is 5.54. The summed E-state index contributed by atoms with van der Waals surface area (Å²) in [6.45, 7) is 9.18. The number of rotatable bonds is 10.